The summed E-state index contributed by atoms with van der Waals surface area (Å²) in [6.07, 6.45) is 4.85. The number of nitrogens with two attached hydrogens (primary N) is 1. The Morgan fingerprint density at radius 1 is 1.50 bits per heavy atom. The SMILES string of the molecule is N=C(N)c1cccc(C=CCC=O)c1. The van der Waals surface area contributed by atoms with E-state index in [1.807, 2.05) is 24.3 Å². The van der Waals surface area contributed by atoms with Crippen LogP contribution in [0, 0.1) is 5.41 Å². The highest BCUT2D eigenvalue weighted by molar-refractivity contribution is 5.95. The predicted molar refractivity (Wildman–Crippen MR) is 57.2 cm³/mol. The van der Waals surface area contributed by atoms with Gasteiger partial charge < -0.3 is 10.5 Å². The Labute approximate surface area is 82.8 Å². The van der Waals surface area contributed by atoms with Crippen molar-refractivity contribution in [3.63, 3.8) is 0 Å². The van der Waals surface area contributed by atoms with E-state index in [2.05, 4.69) is 0 Å². The summed E-state index contributed by atoms with van der Waals surface area (Å²) in [7, 11) is 0. The summed E-state index contributed by atoms with van der Waals surface area (Å²) in [5, 5.41) is 7.24. The number of carbonyl (C=O) groups is 1. The van der Waals surface area contributed by atoms with E-state index in [0.717, 1.165) is 11.8 Å². The normalized spacial score (nSPS) is 10.3. The van der Waals surface area contributed by atoms with Crippen LogP contribution in [0.25, 0.3) is 6.08 Å². The lowest BCUT2D eigenvalue weighted by atomic mass is 10.1. The van der Waals surface area contributed by atoms with Gasteiger partial charge in [0.2, 0.25) is 0 Å². The highest BCUT2D eigenvalue weighted by Gasteiger charge is 1.95. The lowest BCUT2D eigenvalue weighted by Crippen LogP contribution is -2.10. The van der Waals surface area contributed by atoms with Crippen molar-refractivity contribution < 1.29 is 4.79 Å². The molecule has 0 amide bonds. The molecule has 1 rings (SSSR count). The number of amidine groups is 1. The van der Waals surface area contributed by atoms with Crippen molar-refractivity contribution in [1.29, 1.82) is 5.41 Å². The van der Waals surface area contributed by atoms with Crippen LogP contribution in [0.5, 0.6) is 0 Å². The number of nitrogens with one attached hydrogen (secondary N) is 1. The number of hydrogen-bond donors (Lipinski definition) is 2. The molecule has 0 radical (unpaired) electrons. The molecule has 0 atom stereocenters. The van der Waals surface area contributed by atoms with Crippen LogP contribution in [0.1, 0.15) is 17.5 Å². The number of carbonyl (C=O) groups excluding carboxylic acids is 1. The molecule has 0 unspecified atom stereocenters. The molecule has 3 nitrogen and oxygen atoms in total. The van der Waals surface area contributed by atoms with Gasteiger partial charge in [0.15, 0.2) is 0 Å². The molecule has 0 fully saturated rings. The molecule has 1 aromatic carbocycles. The number of nitrogen functional groups attached to an aromatic ring is 1. The lowest BCUT2D eigenvalue weighted by molar-refractivity contribution is -0.107. The summed E-state index contributed by atoms with van der Waals surface area (Å²) in [6, 6.07) is 7.31. The minimum atomic E-state index is 0.0515. The molecule has 0 aromatic heterocycles. The van der Waals surface area contributed by atoms with Gasteiger partial charge in [0.1, 0.15) is 12.1 Å². The molecular weight excluding hydrogens is 176 g/mol. The first kappa shape index (κ1) is 10.2. The largest absolute Gasteiger partial charge is 0.384 e. The second-order valence-corrected chi connectivity index (χ2v) is 2.84. The fourth-order valence-electron chi connectivity index (χ4n) is 1.07. The maximum absolute atomic E-state index is 10.1. The van der Waals surface area contributed by atoms with Gasteiger partial charge in [0.25, 0.3) is 0 Å². The molecule has 0 spiro atoms. The van der Waals surface area contributed by atoms with Crippen LogP contribution >= 0.6 is 0 Å². The summed E-state index contributed by atoms with van der Waals surface area (Å²) >= 11 is 0. The summed E-state index contributed by atoms with van der Waals surface area (Å²) in [5.41, 5.74) is 6.98. The predicted octanol–water partition coefficient (Wildman–Crippen LogP) is 1.57. The summed E-state index contributed by atoms with van der Waals surface area (Å²) < 4.78 is 0. The van der Waals surface area contributed by atoms with Gasteiger partial charge >= 0.3 is 0 Å². The number of benzene rings is 1. The Balaban J connectivity index is 2.83. The van der Waals surface area contributed by atoms with E-state index in [1.165, 1.54) is 0 Å². The van der Waals surface area contributed by atoms with Crippen molar-refractivity contribution in [3.8, 4) is 0 Å². The van der Waals surface area contributed by atoms with E-state index in [1.54, 1.807) is 12.1 Å². The minimum absolute atomic E-state index is 0.0515. The van der Waals surface area contributed by atoms with Gasteiger partial charge in [-0.1, -0.05) is 30.4 Å². The molecular formula is C11H12N2O. The Morgan fingerprint density at radius 2 is 2.29 bits per heavy atom. The van der Waals surface area contributed by atoms with Gasteiger partial charge in [0.05, 0.1) is 0 Å². The maximum Gasteiger partial charge on any atom is 0.123 e. The quantitative estimate of drug-likeness (QED) is 0.428. The lowest BCUT2D eigenvalue weighted by Gasteiger charge is -1.98. The van der Waals surface area contributed by atoms with Crippen molar-refractivity contribution in [1.82, 2.24) is 0 Å². The van der Waals surface area contributed by atoms with Crippen molar-refractivity contribution in [2.75, 3.05) is 0 Å². The van der Waals surface area contributed by atoms with Crippen LogP contribution in [0.15, 0.2) is 30.3 Å². The zero-order valence-corrected chi connectivity index (χ0v) is 7.73. The molecule has 0 aliphatic carbocycles. The van der Waals surface area contributed by atoms with Crippen molar-refractivity contribution in [2.24, 2.45) is 5.73 Å². The van der Waals surface area contributed by atoms with Crippen LogP contribution in [0.4, 0.5) is 0 Å². The highest BCUT2D eigenvalue weighted by Crippen LogP contribution is 2.06. The molecule has 14 heavy (non-hydrogen) atoms. The van der Waals surface area contributed by atoms with Crippen LogP contribution in [0.3, 0.4) is 0 Å². The average Bonchev–Trinajstić information content (AvgIpc) is 2.19. The standard InChI is InChI=1S/C11H12N2O/c12-11(13)10-6-3-5-9(8-10)4-1-2-7-14/h1,3-8H,2H2,(H3,12,13). The third-order valence-corrected chi connectivity index (χ3v) is 1.74. The Kier molecular flexibility index (Phi) is 3.61. The van der Waals surface area contributed by atoms with E-state index in [9.17, 15) is 4.79 Å². The molecule has 1 aromatic rings. The third-order valence-electron chi connectivity index (χ3n) is 1.74. The molecule has 3 N–H and O–H groups in total. The fraction of sp³-hybridized carbons (Fsp3) is 0.0909. The molecule has 0 bridgehead atoms. The van der Waals surface area contributed by atoms with E-state index in [0.29, 0.717) is 12.0 Å². The van der Waals surface area contributed by atoms with Gasteiger partial charge in [0, 0.05) is 12.0 Å². The van der Waals surface area contributed by atoms with Gasteiger partial charge in [-0.25, -0.2) is 0 Å². The molecule has 0 aliphatic heterocycles. The first-order valence-corrected chi connectivity index (χ1v) is 4.28. The second-order valence-electron chi connectivity index (χ2n) is 2.84. The van der Waals surface area contributed by atoms with Crippen LogP contribution in [0.2, 0.25) is 0 Å². The van der Waals surface area contributed by atoms with Gasteiger partial charge in [-0.3, -0.25) is 5.41 Å². The van der Waals surface area contributed by atoms with Crippen LogP contribution < -0.4 is 5.73 Å². The van der Waals surface area contributed by atoms with E-state index >= 15 is 0 Å². The first-order valence-electron chi connectivity index (χ1n) is 4.28. The second kappa shape index (κ2) is 4.97. The smallest absolute Gasteiger partial charge is 0.123 e. The number of rotatable bonds is 4. The number of hydrogen-bond acceptors (Lipinski definition) is 2. The zero-order valence-electron chi connectivity index (χ0n) is 7.73. The number of aldehydes is 1. The van der Waals surface area contributed by atoms with Crippen LogP contribution in [-0.2, 0) is 4.79 Å². The van der Waals surface area contributed by atoms with Gasteiger partial charge in [-0.05, 0) is 11.6 Å². The molecule has 0 saturated carbocycles. The Hall–Kier alpha value is -1.90. The molecule has 0 heterocycles. The first-order chi connectivity index (χ1) is 6.74. The van der Waals surface area contributed by atoms with E-state index in [-0.39, 0.29) is 5.84 Å². The maximum atomic E-state index is 10.1. The fourth-order valence-corrected chi connectivity index (χ4v) is 1.07. The third kappa shape index (κ3) is 2.86. The molecule has 0 saturated heterocycles. The average molecular weight is 188 g/mol. The van der Waals surface area contributed by atoms with E-state index < -0.39 is 0 Å². The van der Waals surface area contributed by atoms with Crippen LogP contribution in [-0.4, -0.2) is 12.1 Å². The molecule has 72 valence electrons. The zero-order chi connectivity index (χ0) is 10.4. The van der Waals surface area contributed by atoms with Gasteiger partial charge in [-0.15, -0.1) is 0 Å². The number of allylic oxidation sites excluding steroid dienone is 1. The van der Waals surface area contributed by atoms with E-state index in [4.69, 9.17) is 11.1 Å². The van der Waals surface area contributed by atoms with Crippen molar-refractivity contribution >= 4 is 18.2 Å². The molecule has 3 heteroatoms. The van der Waals surface area contributed by atoms with Crippen molar-refractivity contribution in [3.05, 3.63) is 41.5 Å². The highest BCUT2D eigenvalue weighted by atomic mass is 16.1. The minimum Gasteiger partial charge on any atom is -0.384 e. The summed E-state index contributed by atoms with van der Waals surface area (Å²) in [4.78, 5) is 10.1. The van der Waals surface area contributed by atoms with Crippen molar-refractivity contribution in [2.45, 2.75) is 6.42 Å². The molecule has 0 aliphatic rings. The summed E-state index contributed by atoms with van der Waals surface area (Å²) in [5.74, 6) is 0.0515. The Morgan fingerprint density at radius 3 is 2.93 bits per heavy atom. The van der Waals surface area contributed by atoms with Gasteiger partial charge in [-0.2, -0.15) is 0 Å². The monoisotopic (exact) mass is 188 g/mol. The Bertz CT molecular complexity index is 369. The topological polar surface area (TPSA) is 66.9 Å². The summed E-state index contributed by atoms with van der Waals surface area (Å²) in [6.45, 7) is 0.